The molecule has 0 rings (SSSR count). The summed E-state index contributed by atoms with van der Waals surface area (Å²) in [6, 6.07) is 0. The number of carbonyl (C=O) groups excluding carboxylic acids is 2. The molecule has 0 aliphatic rings. The molecular formula is C23H44O4. The van der Waals surface area contributed by atoms with Gasteiger partial charge in [0.2, 0.25) is 0 Å². The van der Waals surface area contributed by atoms with Gasteiger partial charge in [0, 0.05) is 12.8 Å². The van der Waals surface area contributed by atoms with Crippen molar-refractivity contribution in [3.8, 4) is 0 Å². The molecule has 4 nitrogen and oxygen atoms in total. The van der Waals surface area contributed by atoms with Gasteiger partial charge in [-0.1, -0.05) is 85.0 Å². The highest BCUT2D eigenvalue weighted by atomic mass is 16.5. The Morgan fingerprint density at radius 1 is 0.667 bits per heavy atom. The van der Waals surface area contributed by atoms with Gasteiger partial charge >= 0.3 is 11.9 Å². The molecule has 0 radical (unpaired) electrons. The monoisotopic (exact) mass is 384 g/mol. The third-order valence-corrected chi connectivity index (χ3v) is 4.83. The lowest BCUT2D eigenvalue weighted by Crippen LogP contribution is -2.12. The van der Waals surface area contributed by atoms with Crippen molar-refractivity contribution in [2.45, 2.75) is 117 Å². The SMILES string of the molecule is CCCCCCCCCCCCOC(=O)CCCC(=O)OCC(C)CCC. The van der Waals surface area contributed by atoms with Crippen molar-refractivity contribution in [3.63, 3.8) is 0 Å². The van der Waals surface area contributed by atoms with Gasteiger partial charge in [-0.3, -0.25) is 9.59 Å². The third kappa shape index (κ3) is 19.5. The molecular weight excluding hydrogens is 340 g/mol. The van der Waals surface area contributed by atoms with Gasteiger partial charge in [0.15, 0.2) is 0 Å². The molecule has 0 N–H and O–H groups in total. The lowest BCUT2D eigenvalue weighted by Gasteiger charge is -2.10. The lowest BCUT2D eigenvalue weighted by atomic mass is 10.1. The normalized spacial score (nSPS) is 12.0. The zero-order valence-electron chi connectivity index (χ0n) is 18.2. The predicted octanol–water partition coefficient (Wildman–Crippen LogP) is 6.60. The second kappa shape index (κ2) is 19.7. The first-order valence-electron chi connectivity index (χ1n) is 11.4. The van der Waals surface area contributed by atoms with Crippen LogP contribution in [0.1, 0.15) is 117 Å². The summed E-state index contributed by atoms with van der Waals surface area (Å²) < 4.78 is 10.5. The number of hydrogen-bond donors (Lipinski definition) is 0. The van der Waals surface area contributed by atoms with E-state index < -0.39 is 0 Å². The first-order valence-corrected chi connectivity index (χ1v) is 11.4. The summed E-state index contributed by atoms with van der Waals surface area (Å²) >= 11 is 0. The van der Waals surface area contributed by atoms with Crippen LogP contribution in [0.4, 0.5) is 0 Å². The second-order valence-electron chi connectivity index (χ2n) is 7.83. The molecule has 0 amide bonds. The molecule has 0 aromatic rings. The van der Waals surface area contributed by atoms with E-state index in [4.69, 9.17) is 9.47 Å². The second-order valence-corrected chi connectivity index (χ2v) is 7.83. The van der Waals surface area contributed by atoms with Crippen LogP contribution in [0, 0.1) is 5.92 Å². The average Bonchev–Trinajstić information content (AvgIpc) is 2.64. The fraction of sp³-hybridized carbons (Fsp3) is 0.913. The van der Waals surface area contributed by atoms with Crippen LogP contribution < -0.4 is 0 Å². The minimum absolute atomic E-state index is 0.196. The van der Waals surface area contributed by atoms with E-state index in [2.05, 4.69) is 20.8 Å². The number of esters is 2. The fourth-order valence-electron chi connectivity index (χ4n) is 3.11. The molecule has 0 saturated heterocycles. The molecule has 0 spiro atoms. The largest absolute Gasteiger partial charge is 0.466 e. The topological polar surface area (TPSA) is 52.6 Å². The molecule has 160 valence electrons. The Morgan fingerprint density at radius 3 is 1.74 bits per heavy atom. The van der Waals surface area contributed by atoms with Gasteiger partial charge in [-0.2, -0.15) is 0 Å². The summed E-state index contributed by atoms with van der Waals surface area (Å²) in [4.78, 5) is 23.3. The van der Waals surface area contributed by atoms with Crippen molar-refractivity contribution in [2.24, 2.45) is 5.92 Å². The molecule has 1 atom stereocenters. The van der Waals surface area contributed by atoms with Crippen LogP contribution in [0.3, 0.4) is 0 Å². The van der Waals surface area contributed by atoms with E-state index in [1.165, 1.54) is 51.4 Å². The van der Waals surface area contributed by atoms with Gasteiger partial charge in [-0.15, -0.1) is 0 Å². The van der Waals surface area contributed by atoms with Gasteiger partial charge < -0.3 is 9.47 Å². The van der Waals surface area contributed by atoms with Crippen LogP contribution in [0.15, 0.2) is 0 Å². The van der Waals surface area contributed by atoms with Crippen molar-refractivity contribution >= 4 is 11.9 Å². The smallest absolute Gasteiger partial charge is 0.305 e. The van der Waals surface area contributed by atoms with E-state index in [1.54, 1.807) is 0 Å². The molecule has 0 heterocycles. The molecule has 0 bridgehead atoms. The van der Waals surface area contributed by atoms with Gasteiger partial charge in [-0.25, -0.2) is 0 Å². The quantitative estimate of drug-likeness (QED) is 0.186. The molecule has 0 aromatic heterocycles. The highest BCUT2D eigenvalue weighted by Gasteiger charge is 2.09. The van der Waals surface area contributed by atoms with E-state index >= 15 is 0 Å². The Balaban J connectivity index is 3.36. The number of carbonyl (C=O) groups is 2. The molecule has 0 aliphatic carbocycles. The summed E-state index contributed by atoms with van der Waals surface area (Å²) in [7, 11) is 0. The number of rotatable bonds is 19. The van der Waals surface area contributed by atoms with Crippen LogP contribution in [0.25, 0.3) is 0 Å². The van der Waals surface area contributed by atoms with E-state index in [9.17, 15) is 9.59 Å². The molecule has 0 aromatic carbocycles. The fourth-order valence-corrected chi connectivity index (χ4v) is 3.11. The zero-order valence-corrected chi connectivity index (χ0v) is 18.2. The maximum absolute atomic E-state index is 11.7. The Labute approximate surface area is 167 Å². The van der Waals surface area contributed by atoms with Crippen molar-refractivity contribution in [1.82, 2.24) is 0 Å². The van der Waals surface area contributed by atoms with Gasteiger partial charge in [-0.05, 0) is 25.2 Å². The number of ether oxygens (including phenoxy) is 2. The Bertz CT molecular complexity index is 354. The van der Waals surface area contributed by atoms with Crippen molar-refractivity contribution in [1.29, 1.82) is 0 Å². The minimum Gasteiger partial charge on any atom is -0.466 e. The number of unbranched alkanes of at least 4 members (excludes halogenated alkanes) is 9. The highest BCUT2D eigenvalue weighted by Crippen LogP contribution is 2.11. The highest BCUT2D eigenvalue weighted by molar-refractivity contribution is 5.72. The average molecular weight is 385 g/mol. The maximum atomic E-state index is 11.7. The Kier molecular flexibility index (Phi) is 18.9. The lowest BCUT2D eigenvalue weighted by molar-refractivity contribution is -0.146. The Hall–Kier alpha value is -1.06. The summed E-state index contributed by atoms with van der Waals surface area (Å²) in [6.45, 7) is 7.45. The molecule has 27 heavy (non-hydrogen) atoms. The molecule has 0 aliphatic heterocycles. The van der Waals surface area contributed by atoms with Gasteiger partial charge in [0.1, 0.15) is 0 Å². The molecule has 0 saturated carbocycles. The van der Waals surface area contributed by atoms with E-state index in [-0.39, 0.29) is 11.9 Å². The van der Waals surface area contributed by atoms with Crippen LogP contribution in [-0.2, 0) is 19.1 Å². The Morgan fingerprint density at radius 2 is 1.19 bits per heavy atom. The summed E-state index contributed by atoms with van der Waals surface area (Å²) in [6.07, 6.45) is 16.0. The standard InChI is InChI=1S/C23H44O4/c1-4-6-7-8-9-10-11-12-13-14-19-26-22(24)17-15-18-23(25)27-20-21(3)16-5-2/h21H,4-20H2,1-3H3. The summed E-state index contributed by atoms with van der Waals surface area (Å²) in [5.41, 5.74) is 0. The van der Waals surface area contributed by atoms with Crippen LogP contribution in [-0.4, -0.2) is 25.2 Å². The van der Waals surface area contributed by atoms with Gasteiger partial charge in [0.25, 0.3) is 0 Å². The van der Waals surface area contributed by atoms with Crippen molar-refractivity contribution < 1.29 is 19.1 Å². The molecule has 1 unspecified atom stereocenters. The van der Waals surface area contributed by atoms with Crippen molar-refractivity contribution in [2.75, 3.05) is 13.2 Å². The predicted molar refractivity (Wildman–Crippen MR) is 112 cm³/mol. The molecule has 4 heteroatoms. The van der Waals surface area contributed by atoms with E-state index in [1.807, 2.05) is 0 Å². The van der Waals surface area contributed by atoms with Crippen LogP contribution in [0.5, 0.6) is 0 Å². The van der Waals surface area contributed by atoms with Crippen LogP contribution >= 0.6 is 0 Å². The third-order valence-electron chi connectivity index (χ3n) is 4.83. The van der Waals surface area contributed by atoms with Crippen molar-refractivity contribution in [3.05, 3.63) is 0 Å². The van der Waals surface area contributed by atoms with E-state index in [0.717, 1.165) is 25.7 Å². The van der Waals surface area contributed by atoms with Crippen LogP contribution in [0.2, 0.25) is 0 Å². The first kappa shape index (κ1) is 25.9. The summed E-state index contributed by atoms with van der Waals surface area (Å²) in [5, 5.41) is 0. The minimum atomic E-state index is -0.208. The maximum Gasteiger partial charge on any atom is 0.305 e. The first-order chi connectivity index (χ1) is 13.1. The zero-order chi connectivity index (χ0) is 20.2. The summed E-state index contributed by atoms with van der Waals surface area (Å²) in [5.74, 6) is 0.00324. The van der Waals surface area contributed by atoms with E-state index in [0.29, 0.717) is 38.4 Å². The van der Waals surface area contributed by atoms with Gasteiger partial charge in [0.05, 0.1) is 13.2 Å². The molecule has 0 fully saturated rings. The number of hydrogen-bond acceptors (Lipinski definition) is 4.